The number of hydrogen-bond donors (Lipinski definition) is 0. The highest BCUT2D eigenvalue weighted by molar-refractivity contribution is 6.30. The van der Waals surface area contributed by atoms with Gasteiger partial charge in [0.15, 0.2) is 5.69 Å². The molecule has 0 aliphatic heterocycles. The molecule has 2 aromatic rings. The number of hydrogen-bond acceptors (Lipinski definition) is 3. The molecule has 2 rings (SSSR count). The lowest BCUT2D eigenvalue weighted by molar-refractivity contribution is 0.534. The Kier molecular flexibility index (Phi) is 5.53. The molecule has 0 bridgehead atoms. The first-order valence-electron chi connectivity index (χ1n) is 7.02. The van der Waals surface area contributed by atoms with E-state index in [0.717, 1.165) is 37.1 Å². The summed E-state index contributed by atoms with van der Waals surface area (Å²) in [5.41, 5.74) is 2.13. The van der Waals surface area contributed by atoms with Crippen molar-refractivity contribution in [2.24, 2.45) is 0 Å². The van der Waals surface area contributed by atoms with Gasteiger partial charge in [-0.05, 0) is 30.2 Å². The predicted molar refractivity (Wildman–Crippen MR) is 84.6 cm³/mol. The van der Waals surface area contributed by atoms with Crippen LogP contribution < -0.4 is 0 Å². The van der Waals surface area contributed by atoms with E-state index in [1.807, 2.05) is 36.4 Å². The van der Waals surface area contributed by atoms with Crippen LogP contribution in [-0.4, -0.2) is 15.0 Å². The fourth-order valence-electron chi connectivity index (χ4n) is 1.99. The summed E-state index contributed by atoms with van der Waals surface area (Å²) in [5.74, 6) is 0. The molecule has 1 heterocycles. The van der Waals surface area contributed by atoms with Crippen molar-refractivity contribution in [1.82, 2.24) is 15.0 Å². The van der Waals surface area contributed by atoms with E-state index in [-0.39, 0.29) is 0 Å². The summed E-state index contributed by atoms with van der Waals surface area (Å²) in [7, 11) is 0. The number of aryl methyl sites for hydroxylation is 1. The molecule has 5 heteroatoms. The second-order valence-electron chi connectivity index (χ2n) is 4.75. The van der Waals surface area contributed by atoms with Gasteiger partial charge in [0.05, 0.1) is 5.69 Å². The van der Waals surface area contributed by atoms with Gasteiger partial charge in [-0.1, -0.05) is 54.8 Å². The Bertz CT molecular complexity index is 650. The van der Waals surface area contributed by atoms with Gasteiger partial charge in [0, 0.05) is 11.6 Å². The fourth-order valence-corrected chi connectivity index (χ4v) is 2.12. The molecule has 0 amide bonds. The normalized spacial score (nSPS) is 10.9. The Balaban J connectivity index is 2.19. The molecular weight excluding hydrogens is 284 g/mol. The van der Waals surface area contributed by atoms with Crippen molar-refractivity contribution in [2.75, 3.05) is 0 Å². The minimum atomic E-state index is 0.358. The fraction of sp³-hybridized carbons (Fsp3) is 0.312. The number of benzene rings is 1. The molecule has 108 valence electrons. The predicted octanol–water partition coefficient (Wildman–Crippen LogP) is 4.16. The van der Waals surface area contributed by atoms with Crippen LogP contribution in [-0.2, 0) is 6.54 Å². The van der Waals surface area contributed by atoms with Crippen LogP contribution in [0, 0.1) is 11.3 Å². The maximum Gasteiger partial charge on any atom is 0.190 e. The third-order valence-corrected chi connectivity index (χ3v) is 3.41. The zero-order valence-electron chi connectivity index (χ0n) is 12.0. The van der Waals surface area contributed by atoms with E-state index in [4.69, 9.17) is 16.9 Å². The first-order valence-corrected chi connectivity index (χ1v) is 7.39. The van der Waals surface area contributed by atoms with Gasteiger partial charge >= 0.3 is 0 Å². The lowest BCUT2D eigenvalue weighted by Gasteiger charge is -2.02. The second kappa shape index (κ2) is 7.61. The van der Waals surface area contributed by atoms with E-state index in [2.05, 4.69) is 23.3 Å². The van der Waals surface area contributed by atoms with Crippen molar-refractivity contribution >= 4 is 23.8 Å². The summed E-state index contributed by atoms with van der Waals surface area (Å²) in [6, 6.07) is 9.61. The molecule has 0 aliphatic carbocycles. The Hall–Kier alpha value is -2.12. The third-order valence-electron chi connectivity index (χ3n) is 3.16. The van der Waals surface area contributed by atoms with Gasteiger partial charge in [0.1, 0.15) is 6.07 Å². The van der Waals surface area contributed by atoms with E-state index in [1.54, 1.807) is 4.68 Å². The first-order chi connectivity index (χ1) is 10.2. The quantitative estimate of drug-likeness (QED) is 0.753. The summed E-state index contributed by atoms with van der Waals surface area (Å²) < 4.78 is 1.79. The Morgan fingerprint density at radius 3 is 2.67 bits per heavy atom. The molecule has 1 aromatic heterocycles. The molecule has 0 aliphatic rings. The van der Waals surface area contributed by atoms with Crippen molar-refractivity contribution in [3.05, 3.63) is 46.2 Å². The minimum absolute atomic E-state index is 0.358. The summed E-state index contributed by atoms with van der Waals surface area (Å²) >= 11 is 5.86. The monoisotopic (exact) mass is 300 g/mol. The summed E-state index contributed by atoms with van der Waals surface area (Å²) in [5, 5.41) is 17.8. The molecule has 0 atom stereocenters. The summed E-state index contributed by atoms with van der Waals surface area (Å²) in [6.07, 6.45) is 7.14. The van der Waals surface area contributed by atoms with Gasteiger partial charge in [-0.3, -0.25) is 0 Å². The van der Waals surface area contributed by atoms with Gasteiger partial charge < -0.3 is 0 Å². The Morgan fingerprint density at radius 2 is 2.00 bits per heavy atom. The zero-order chi connectivity index (χ0) is 15.1. The van der Waals surface area contributed by atoms with E-state index in [9.17, 15) is 0 Å². The lowest BCUT2D eigenvalue weighted by Crippen LogP contribution is -2.02. The molecule has 21 heavy (non-hydrogen) atoms. The molecule has 1 aromatic carbocycles. The number of nitriles is 1. The van der Waals surface area contributed by atoms with E-state index >= 15 is 0 Å². The van der Waals surface area contributed by atoms with Gasteiger partial charge in [-0.25, -0.2) is 4.68 Å². The van der Waals surface area contributed by atoms with Gasteiger partial charge in [-0.2, -0.15) is 5.26 Å². The van der Waals surface area contributed by atoms with Crippen LogP contribution in [0.2, 0.25) is 5.02 Å². The van der Waals surface area contributed by atoms with Gasteiger partial charge in [-0.15, -0.1) is 5.10 Å². The third kappa shape index (κ3) is 4.17. The SMILES string of the molecule is CCCCCn1nnc(C#N)c1/C=C/c1ccc(Cl)cc1. The standard InChI is InChI=1S/C16H17ClN4/c1-2-3-4-11-21-16(15(12-18)19-20-21)10-7-13-5-8-14(17)9-6-13/h5-10H,2-4,11H2,1H3/b10-7+. The van der Waals surface area contributed by atoms with Crippen LogP contribution in [0.4, 0.5) is 0 Å². The van der Waals surface area contributed by atoms with Crippen molar-refractivity contribution in [1.29, 1.82) is 5.26 Å². The second-order valence-corrected chi connectivity index (χ2v) is 5.19. The first kappa shape index (κ1) is 15.3. The number of unbranched alkanes of at least 4 members (excludes halogenated alkanes) is 2. The summed E-state index contributed by atoms with van der Waals surface area (Å²) in [6.45, 7) is 2.94. The van der Waals surface area contributed by atoms with Gasteiger partial charge in [0.2, 0.25) is 0 Å². The topological polar surface area (TPSA) is 54.5 Å². The van der Waals surface area contributed by atoms with E-state index in [0.29, 0.717) is 10.7 Å². The van der Waals surface area contributed by atoms with Crippen molar-refractivity contribution in [2.45, 2.75) is 32.7 Å². The number of aromatic nitrogens is 3. The Morgan fingerprint density at radius 1 is 1.24 bits per heavy atom. The van der Waals surface area contributed by atoms with Crippen LogP contribution in [0.15, 0.2) is 24.3 Å². The number of rotatable bonds is 6. The van der Waals surface area contributed by atoms with Crippen LogP contribution in [0.25, 0.3) is 12.2 Å². The molecule has 0 unspecified atom stereocenters. The maximum atomic E-state index is 9.12. The average molecular weight is 301 g/mol. The van der Waals surface area contributed by atoms with Crippen molar-refractivity contribution in [3.63, 3.8) is 0 Å². The molecule has 0 saturated carbocycles. The zero-order valence-corrected chi connectivity index (χ0v) is 12.7. The van der Waals surface area contributed by atoms with Crippen molar-refractivity contribution < 1.29 is 0 Å². The molecule has 0 fully saturated rings. The minimum Gasteiger partial charge on any atom is -0.244 e. The summed E-state index contributed by atoms with van der Waals surface area (Å²) in [4.78, 5) is 0. The molecule has 0 N–H and O–H groups in total. The van der Waals surface area contributed by atoms with Crippen LogP contribution in [0.1, 0.15) is 43.1 Å². The highest BCUT2D eigenvalue weighted by Crippen LogP contribution is 2.14. The molecular formula is C16H17ClN4. The molecule has 0 spiro atoms. The maximum absolute atomic E-state index is 9.12. The molecule has 4 nitrogen and oxygen atoms in total. The molecule has 0 saturated heterocycles. The van der Waals surface area contributed by atoms with Crippen molar-refractivity contribution in [3.8, 4) is 6.07 Å². The Labute approximate surface area is 129 Å². The van der Waals surface area contributed by atoms with Crippen LogP contribution in [0.5, 0.6) is 0 Å². The van der Waals surface area contributed by atoms with Crippen LogP contribution in [0.3, 0.4) is 0 Å². The largest absolute Gasteiger partial charge is 0.244 e. The highest BCUT2D eigenvalue weighted by atomic mass is 35.5. The molecule has 0 radical (unpaired) electrons. The van der Waals surface area contributed by atoms with Crippen LogP contribution >= 0.6 is 11.6 Å². The van der Waals surface area contributed by atoms with Gasteiger partial charge in [0.25, 0.3) is 0 Å². The highest BCUT2D eigenvalue weighted by Gasteiger charge is 2.09. The number of nitrogens with zero attached hydrogens (tertiary/aromatic N) is 4. The number of halogens is 1. The van der Waals surface area contributed by atoms with E-state index in [1.165, 1.54) is 0 Å². The lowest BCUT2D eigenvalue weighted by atomic mass is 10.2. The van der Waals surface area contributed by atoms with E-state index < -0.39 is 0 Å². The average Bonchev–Trinajstić information content (AvgIpc) is 2.89. The smallest absolute Gasteiger partial charge is 0.190 e.